The van der Waals surface area contributed by atoms with Crippen molar-refractivity contribution in [1.82, 2.24) is 4.90 Å². The van der Waals surface area contributed by atoms with Crippen LogP contribution in [0.2, 0.25) is 5.02 Å². The first-order chi connectivity index (χ1) is 10.9. The van der Waals surface area contributed by atoms with Gasteiger partial charge < -0.3 is 9.80 Å². The van der Waals surface area contributed by atoms with Crippen molar-refractivity contribution in [2.45, 2.75) is 13.8 Å². The summed E-state index contributed by atoms with van der Waals surface area (Å²) < 4.78 is 13.1. The van der Waals surface area contributed by atoms with Gasteiger partial charge in [-0.15, -0.1) is 0 Å². The van der Waals surface area contributed by atoms with Gasteiger partial charge in [-0.2, -0.15) is 0 Å². The molecule has 23 heavy (non-hydrogen) atoms. The van der Waals surface area contributed by atoms with Gasteiger partial charge in [-0.25, -0.2) is 9.38 Å². The lowest BCUT2D eigenvalue weighted by Crippen LogP contribution is -2.14. The number of aryl methyl sites for hydroxylation is 1. The molecule has 0 spiro atoms. The zero-order valence-corrected chi connectivity index (χ0v) is 14.6. The summed E-state index contributed by atoms with van der Waals surface area (Å²) in [7, 11) is 3.86. The molecule has 2 aromatic carbocycles. The van der Waals surface area contributed by atoms with Crippen LogP contribution in [0, 0.1) is 12.7 Å². The highest BCUT2D eigenvalue weighted by molar-refractivity contribution is 6.36. The standard InChI is InChI=1S/C18H21ClFN3/c1-5-22(3)12-21-16-10-13(2)11-17(18(16)19)23(4)15-8-6-14(20)7-9-15/h6-12H,5H2,1-4H3. The minimum absolute atomic E-state index is 0.259. The molecule has 3 nitrogen and oxygen atoms in total. The molecule has 0 radical (unpaired) electrons. The van der Waals surface area contributed by atoms with Gasteiger partial charge in [-0.3, -0.25) is 0 Å². The number of nitrogens with zero attached hydrogens (tertiary/aromatic N) is 3. The first kappa shape index (κ1) is 17.3. The fourth-order valence-electron chi connectivity index (χ4n) is 2.12. The molecule has 2 aromatic rings. The van der Waals surface area contributed by atoms with E-state index in [2.05, 4.69) is 11.9 Å². The molecule has 0 unspecified atom stereocenters. The Morgan fingerprint density at radius 1 is 1.17 bits per heavy atom. The van der Waals surface area contributed by atoms with Crippen molar-refractivity contribution < 1.29 is 4.39 Å². The van der Waals surface area contributed by atoms with Gasteiger partial charge in [0.15, 0.2) is 0 Å². The van der Waals surface area contributed by atoms with Crippen LogP contribution in [0.3, 0.4) is 0 Å². The van der Waals surface area contributed by atoms with Crippen molar-refractivity contribution in [3.63, 3.8) is 0 Å². The molecule has 0 fully saturated rings. The van der Waals surface area contributed by atoms with Gasteiger partial charge in [0.2, 0.25) is 0 Å². The topological polar surface area (TPSA) is 18.8 Å². The summed E-state index contributed by atoms with van der Waals surface area (Å²) in [6.07, 6.45) is 1.77. The predicted octanol–water partition coefficient (Wildman–Crippen LogP) is 5.17. The van der Waals surface area contributed by atoms with E-state index in [9.17, 15) is 4.39 Å². The van der Waals surface area contributed by atoms with E-state index >= 15 is 0 Å². The summed E-state index contributed by atoms with van der Waals surface area (Å²) in [4.78, 5) is 8.37. The zero-order chi connectivity index (χ0) is 17.0. The minimum atomic E-state index is -0.259. The number of rotatable bonds is 5. The van der Waals surface area contributed by atoms with Crippen LogP contribution in [0.25, 0.3) is 0 Å². The second-order valence-corrected chi connectivity index (χ2v) is 5.85. The highest BCUT2D eigenvalue weighted by Crippen LogP contribution is 2.38. The molecule has 0 bridgehead atoms. The fourth-order valence-corrected chi connectivity index (χ4v) is 2.40. The zero-order valence-electron chi connectivity index (χ0n) is 13.8. The van der Waals surface area contributed by atoms with Crippen LogP contribution in [-0.4, -0.2) is 31.9 Å². The van der Waals surface area contributed by atoms with Crippen LogP contribution in [0.5, 0.6) is 0 Å². The van der Waals surface area contributed by atoms with E-state index in [0.29, 0.717) is 5.02 Å². The van der Waals surface area contributed by atoms with Crippen molar-refractivity contribution in [1.29, 1.82) is 0 Å². The van der Waals surface area contributed by atoms with Crippen molar-refractivity contribution in [3.8, 4) is 0 Å². The largest absolute Gasteiger partial charge is 0.366 e. The molecule has 2 rings (SSSR count). The van der Waals surface area contributed by atoms with E-state index < -0.39 is 0 Å². The molecule has 0 atom stereocenters. The van der Waals surface area contributed by atoms with E-state index in [1.807, 2.05) is 43.0 Å². The molecular formula is C18H21ClFN3. The summed E-state index contributed by atoms with van der Waals surface area (Å²) in [5, 5.41) is 0.572. The maximum atomic E-state index is 13.1. The van der Waals surface area contributed by atoms with Gasteiger partial charge in [0.25, 0.3) is 0 Å². The normalized spacial score (nSPS) is 11.0. The Bertz CT molecular complexity index is 698. The summed E-state index contributed by atoms with van der Waals surface area (Å²) >= 11 is 6.54. The molecule has 0 aliphatic rings. The summed E-state index contributed by atoms with van der Waals surface area (Å²) in [6, 6.07) is 10.3. The fraction of sp³-hybridized carbons (Fsp3) is 0.278. The Hall–Kier alpha value is -2.07. The van der Waals surface area contributed by atoms with E-state index in [1.54, 1.807) is 18.5 Å². The van der Waals surface area contributed by atoms with Crippen LogP contribution in [0.4, 0.5) is 21.5 Å². The average Bonchev–Trinajstić information content (AvgIpc) is 2.55. The number of hydrogen-bond acceptors (Lipinski definition) is 2. The van der Waals surface area contributed by atoms with E-state index in [-0.39, 0.29) is 5.82 Å². The van der Waals surface area contributed by atoms with Crippen molar-refractivity contribution in [2.75, 3.05) is 25.5 Å². The Kier molecular flexibility index (Phi) is 5.61. The average molecular weight is 334 g/mol. The summed E-state index contributed by atoms with van der Waals surface area (Å²) in [6.45, 7) is 4.92. The monoisotopic (exact) mass is 333 g/mol. The van der Waals surface area contributed by atoms with Gasteiger partial charge >= 0.3 is 0 Å². The smallest absolute Gasteiger partial charge is 0.123 e. The summed E-state index contributed by atoms with van der Waals surface area (Å²) in [5.41, 5.74) is 3.48. The van der Waals surface area contributed by atoms with Crippen LogP contribution in [0.15, 0.2) is 41.4 Å². The maximum Gasteiger partial charge on any atom is 0.123 e. The molecule has 0 saturated heterocycles. The summed E-state index contributed by atoms with van der Waals surface area (Å²) in [5.74, 6) is -0.259. The van der Waals surface area contributed by atoms with Gasteiger partial charge in [-0.1, -0.05) is 11.6 Å². The third kappa shape index (κ3) is 4.23. The third-order valence-electron chi connectivity index (χ3n) is 3.65. The Balaban J connectivity index is 2.40. The molecule has 0 N–H and O–H groups in total. The molecule has 0 saturated carbocycles. The van der Waals surface area contributed by atoms with E-state index in [0.717, 1.165) is 29.2 Å². The number of hydrogen-bond donors (Lipinski definition) is 0. The van der Waals surface area contributed by atoms with Crippen LogP contribution in [0.1, 0.15) is 12.5 Å². The van der Waals surface area contributed by atoms with E-state index in [4.69, 9.17) is 11.6 Å². The van der Waals surface area contributed by atoms with Crippen LogP contribution in [-0.2, 0) is 0 Å². The highest BCUT2D eigenvalue weighted by Gasteiger charge is 2.13. The van der Waals surface area contributed by atoms with Gasteiger partial charge in [-0.05, 0) is 55.8 Å². The Morgan fingerprint density at radius 3 is 2.43 bits per heavy atom. The van der Waals surface area contributed by atoms with Crippen LogP contribution >= 0.6 is 11.6 Å². The number of halogens is 2. The molecule has 0 aliphatic carbocycles. The molecule has 5 heteroatoms. The van der Waals surface area contributed by atoms with Crippen LogP contribution < -0.4 is 4.90 Å². The number of aliphatic imine (C=N–C) groups is 1. The van der Waals surface area contributed by atoms with Crippen molar-refractivity contribution in [3.05, 3.63) is 52.8 Å². The van der Waals surface area contributed by atoms with Gasteiger partial charge in [0.1, 0.15) is 5.82 Å². The Labute approximate surface area is 142 Å². The second kappa shape index (κ2) is 7.47. The van der Waals surface area contributed by atoms with Crippen molar-refractivity contribution >= 4 is 35.0 Å². The third-order valence-corrected chi connectivity index (χ3v) is 4.03. The quantitative estimate of drug-likeness (QED) is 0.555. The van der Waals surface area contributed by atoms with Crippen molar-refractivity contribution in [2.24, 2.45) is 4.99 Å². The lowest BCUT2D eigenvalue weighted by molar-refractivity contribution is 0.552. The second-order valence-electron chi connectivity index (χ2n) is 5.47. The first-order valence-corrected chi connectivity index (χ1v) is 7.84. The molecule has 0 amide bonds. The lowest BCUT2D eigenvalue weighted by atomic mass is 10.1. The Morgan fingerprint density at radius 2 is 1.83 bits per heavy atom. The predicted molar refractivity (Wildman–Crippen MR) is 97.1 cm³/mol. The minimum Gasteiger partial charge on any atom is -0.366 e. The molecule has 122 valence electrons. The first-order valence-electron chi connectivity index (χ1n) is 7.46. The molecule has 0 aromatic heterocycles. The van der Waals surface area contributed by atoms with Gasteiger partial charge in [0.05, 0.1) is 22.7 Å². The molecular weight excluding hydrogens is 313 g/mol. The molecule has 0 aliphatic heterocycles. The number of benzene rings is 2. The van der Waals surface area contributed by atoms with Gasteiger partial charge in [0, 0.05) is 26.3 Å². The van der Waals surface area contributed by atoms with E-state index in [1.165, 1.54) is 12.1 Å². The lowest BCUT2D eigenvalue weighted by Gasteiger charge is -2.22. The maximum absolute atomic E-state index is 13.1. The molecule has 0 heterocycles. The SMILES string of the molecule is CCN(C)C=Nc1cc(C)cc(N(C)c2ccc(F)cc2)c1Cl. The highest BCUT2D eigenvalue weighted by atomic mass is 35.5. The number of anilines is 2.